The minimum absolute atomic E-state index is 0.0600. The second-order valence-electron chi connectivity index (χ2n) is 7.10. The molecule has 168 valence electrons. The topological polar surface area (TPSA) is 41.6 Å². The van der Waals surface area contributed by atoms with Crippen molar-refractivity contribution in [1.29, 1.82) is 0 Å². The summed E-state index contributed by atoms with van der Waals surface area (Å²) in [7, 11) is 0. The molecule has 4 nitrogen and oxygen atoms in total. The second kappa shape index (κ2) is 9.85. The van der Waals surface area contributed by atoms with Gasteiger partial charge in [-0.2, -0.15) is 0 Å². The zero-order valence-electron chi connectivity index (χ0n) is 16.2. The highest BCUT2D eigenvalue weighted by molar-refractivity contribution is 7.97. The molecule has 1 N–H and O–H groups in total. The maximum Gasteiger partial charge on any atom is 0.264 e. The molecule has 0 saturated carbocycles. The number of nitrogens with zero attached hydrogens (tertiary/aromatic N) is 1. The number of nitrogens with one attached hydrogen (secondary N) is 1. The minimum atomic E-state index is -3.07. The first-order valence-electron chi connectivity index (χ1n) is 9.11. The number of alkyl halides is 2. The third kappa shape index (κ3) is 6.19. The first kappa shape index (κ1) is 24.0. The van der Waals surface area contributed by atoms with Crippen LogP contribution in [0.5, 0.6) is 5.75 Å². The van der Waals surface area contributed by atoms with Crippen LogP contribution in [0.1, 0.15) is 22.3 Å². The highest BCUT2D eigenvalue weighted by Gasteiger charge is 2.41. The molecule has 1 aliphatic heterocycles. The fourth-order valence-electron chi connectivity index (χ4n) is 3.35. The van der Waals surface area contributed by atoms with Gasteiger partial charge >= 0.3 is 0 Å². The Bertz CT molecular complexity index is 980. The zero-order valence-corrected chi connectivity index (χ0v) is 18.6. The van der Waals surface area contributed by atoms with Gasteiger partial charge in [0.25, 0.3) is 11.8 Å². The fourth-order valence-corrected chi connectivity index (χ4v) is 4.08. The third-order valence-corrected chi connectivity index (χ3v) is 5.64. The minimum Gasteiger partial charge on any atom is -0.487 e. The fraction of sp³-hybridized carbons (Fsp3) is 0.350. The zero-order chi connectivity index (χ0) is 22.8. The lowest BCUT2D eigenvalue weighted by Crippen LogP contribution is -2.50. The summed E-state index contributed by atoms with van der Waals surface area (Å²) in [6, 6.07) is 5.75. The highest BCUT2D eigenvalue weighted by Crippen LogP contribution is 2.34. The molecule has 0 aliphatic carbocycles. The van der Waals surface area contributed by atoms with Crippen molar-refractivity contribution >= 4 is 41.1 Å². The Morgan fingerprint density at radius 3 is 2.68 bits per heavy atom. The lowest BCUT2D eigenvalue weighted by atomic mass is 10.0. The van der Waals surface area contributed by atoms with Gasteiger partial charge in [-0.25, -0.2) is 17.6 Å². The second-order valence-corrected chi connectivity index (χ2v) is 8.53. The number of carbonyl (C=O) groups excluding carboxylic acids is 1. The molecule has 11 heteroatoms. The summed E-state index contributed by atoms with van der Waals surface area (Å²) in [6.45, 7) is -0.378. The molecule has 0 radical (unpaired) electrons. The van der Waals surface area contributed by atoms with E-state index in [4.69, 9.17) is 27.9 Å². The van der Waals surface area contributed by atoms with Crippen molar-refractivity contribution < 1.29 is 27.1 Å². The summed E-state index contributed by atoms with van der Waals surface area (Å²) in [6.07, 6.45) is 0.0156. The van der Waals surface area contributed by atoms with E-state index in [9.17, 15) is 22.4 Å². The van der Waals surface area contributed by atoms with Crippen LogP contribution in [-0.4, -0.2) is 42.2 Å². The maximum atomic E-state index is 14.3. The molecule has 2 aromatic rings. The molecule has 3 rings (SSSR count). The lowest BCUT2D eigenvalue weighted by molar-refractivity contribution is -0.103. The van der Waals surface area contributed by atoms with Crippen LogP contribution in [0.4, 0.5) is 17.6 Å². The van der Waals surface area contributed by atoms with Crippen LogP contribution >= 0.6 is 35.1 Å². The van der Waals surface area contributed by atoms with E-state index in [1.165, 1.54) is 17.0 Å². The number of benzene rings is 2. The van der Waals surface area contributed by atoms with Crippen LogP contribution in [0.25, 0.3) is 0 Å². The van der Waals surface area contributed by atoms with E-state index in [2.05, 4.69) is 4.72 Å². The van der Waals surface area contributed by atoms with Crippen LogP contribution in [0.3, 0.4) is 0 Å². The van der Waals surface area contributed by atoms with Gasteiger partial charge in [-0.3, -0.25) is 14.4 Å². The van der Waals surface area contributed by atoms with E-state index in [0.29, 0.717) is 5.56 Å². The summed E-state index contributed by atoms with van der Waals surface area (Å²) < 4.78 is 64.2. The lowest BCUT2D eigenvalue weighted by Gasteiger charge is -2.37. The Morgan fingerprint density at radius 2 is 2.00 bits per heavy atom. The Labute approximate surface area is 191 Å². The van der Waals surface area contributed by atoms with E-state index in [1.54, 1.807) is 6.26 Å². The SMILES string of the molecule is CSNC(=O)c1cc(Cl)c(OC2CN(Cc3ccc(F)cc3Cl)CC(F)(F)C2)cc1F. The normalized spacial score (nSPS) is 18.6. The number of halogens is 6. The van der Waals surface area contributed by atoms with Crippen molar-refractivity contribution in [1.82, 2.24) is 9.62 Å². The number of hydrogen-bond donors (Lipinski definition) is 1. The predicted molar refractivity (Wildman–Crippen MR) is 113 cm³/mol. The monoisotopic (exact) mass is 496 g/mol. The molecule has 0 spiro atoms. The maximum absolute atomic E-state index is 14.3. The summed E-state index contributed by atoms with van der Waals surface area (Å²) in [5.41, 5.74) is 0.209. The molecule has 0 aromatic heterocycles. The Balaban J connectivity index is 1.76. The molecule has 1 fully saturated rings. The Hall–Kier alpha value is -1.68. The molecule has 31 heavy (non-hydrogen) atoms. The molecule has 1 saturated heterocycles. The van der Waals surface area contributed by atoms with Gasteiger partial charge in [0.2, 0.25) is 0 Å². The Kier molecular flexibility index (Phi) is 7.62. The van der Waals surface area contributed by atoms with Crippen LogP contribution in [0.15, 0.2) is 30.3 Å². The number of piperidine rings is 1. The van der Waals surface area contributed by atoms with Crippen molar-refractivity contribution in [2.75, 3.05) is 19.3 Å². The van der Waals surface area contributed by atoms with Crippen molar-refractivity contribution in [3.05, 3.63) is 63.1 Å². The highest BCUT2D eigenvalue weighted by atomic mass is 35.5. The van der Waals surface area contributed by atoms with E-state index in [0.717, 1.165) is 30.1 Å². The van der Waals surface area contributed by atoms with E-state index in [1.807, 2.05) is 0 Å². The van der Waals surface area contributed by atoms with Gasteiger partial charge in [0.1, 0.15) is 23.5 Å². The summed E-state index contributed by atoms with van der Waals surface area (Å²) >= 11 is 13.1. The van der Waals surface area contributed by atoms with Crippen molar-refractivity contribution in [2.45, 2.75) is 25.0 Å². The molecule has 1 amide bonds. The van der Waals surface area contributed by atoms with E-state index < -0.39 is 42.5 Å². The molecule has 1 unspecified atom stereocenters. The van der Waals surface area contributed by atoms with Crippen molar-refractivity contribution in [3.63, 3.8) is 0 Å². The number of amides is 1. The van der Waals surface area contributed by atoms with Crippen LogP contribution < -0.4 is 9.46 Å². The van der Waals surface area contributed by atoms with Crippen molar-refractivity contribution in [2.24, 2.45) is 0 Å². The largest absolute Gasteiger partial charge is 0.487 e. The average molecular weight is 497 g/mol. The number of ether oxygens (including phenoxy) is 1. The molecule has 1 aliphatic rings. The predicted octanol–water partition coefficient (Wildman–Crippen LogP) is 5.57. The molecule has 1 atom stereocenters. The van der Waals surface area contributed by atoms with Crippen LogP contribution in [0.2, 0.25) is 10.0 Å². The molecular weight excluding hydrogens is 479 g/mol. The summed E-state index contributed by atoms with van der Waals surface area (Å²) in [4.78, 5) is 13.3. The summed E-state index contributed by atoms with van der Waals surface area (Å²) in [5, 5.41) is 0.0604. The van der Waals surface area contributed by atoms with Crippen LogP contribution in [0, 0.1) is 11.6 Å². The summed E-state index contributed by atoms with van der Waals surface area (Å²) in [5.74, 6) is -5.29. The number of rotatable bonds is 6. The number of hydrogen-bond acceptors (Lipinski definition) is 4. The standard InChI is InChI=1S/C20H18Cl2F4N2O2S/c1-31-27-19(29)14-5-16(22)18(6-17(14)24)30-13-7-20(25,26)10-28(9-13)8-11-2-3-12(23)4-15(11)21/h2-6,13H,7-10H2,1H3,(H,27,29). The van der Waals surface area contributed by atoms with Gasteiger partial charge < -0.3 is 4.74 Å². The molecule has 2 aromatic carbocycles. The van der Waals surface area contributed by atoms with Gasteiger partial charge in [0.15, 0.2) is 0 Å². The van der Waals surface area contributed by atoms with E-state index in [-0.39, 0.29) is 34.4 Å². The van der Waals surface area contributed by atoms with Gasteiger partial charge in [0.05, 0.1) is 23.6 Å². The molecule has 0 bridgehead atoms. The average Bonchev–Trinajstić information content (AvgIpc) is 2.65. The third-order valence-electron chi connectivity index (χ3n) is 4.61. The van der Waals surface area contributed by atoms with Gasteiger partial charge in [0, 0.05) is 30.4 Å². The van der Waals surface area contributed by atoms with Gasteiger partial charge in [-0.05, 0) is 23.8 Å². The number of likely N-dealkylation sites (tertiary alicyclic amines) is 1. The molecular formula is C20H18Cl2F4N2O2S. The quantitative estimate of drug-likeness (QED) is 0.419. The first-order valence-corrected chi connectivity index (χ1v) is 11.1. The van der Waals surface area contributed by atoms with Crippen LogP contribution in [-0.2, 0) is 6.54 Å². The number of carbonyl (C=O) groups is 1. The van der Waals surface area contributed by atoms with E-state index >= 15 is 0 Å². The Morgan fingerprint density at radius 1 is 1.26 bits per heavy atom. The smallest absolute Gasteiger partial charge is 0.264 e. The van der Waals surface area contributed by atoms with Gasteiger partial charge in [-0.15, -0.1) is 0 Å². The van der Waals surface area contributed by atoms with Crippen molar-refractivity contribution in [3.8, 4) is 5.75 Å². The first-order chi connectivity index (χ1) is 14.6. The van der Waals surface area contributed by atoms with Gasteiger partial charge in [-0.1, -0.05) is 41.2 Å². The molecule has 1 heterocycles.